The molecule has 0 spiro atoms. The minimum Gasteiger partial charge on any atom is -0.458 e. The molecule has 6 nitrogen and oxygen atoms in total. The average molecular weight is 228 g/mol. The number of amides is 2. The number of carbonyl (C=O) groups excluding carboxylic acids is 3. The summed E-state index contributed by atoms with van der Waals surface area (Å²) in [5.74, 6) is -1.23. The largest absolute Gasteiger partial charge is 0.458 e. The zero-order valence-corrected chi connectivity index (χ0v) is 9.62. The minimum absolute atomic E-state index is 0.134. The molecule has 0 saturated carbocycles. The van der Waals surface area contributed by atoms with Crippen molar-refractivity contribution in [3.05, 3.63) is 12.2 Å². The Morgan fingerprint density at radius 3 is 1.88 bits per heavy atom. The van der Waals surface area contributed by atoms with Crippen LogP contribution in [0.15, 0.2) is 12.2 Å². The van der Waals surface area contributed by atoms with Gasteiger partial charge in [0, 0.05) is 19.4 Å². The van der Waals surface area contributed by atoms with Crippen LogP contribution in [0.5, 0.6) is 0 Å². The highest BCUT2D eigenvalue weighted by atomic mass is 16.5. The molecule has 2 N–H and O–H groups in total. The van der Waals surface area contributed by atoms with E-state index in [1.165, 1.54) is 20.8 Å². The summed E-state index contributed by atoms with van der Waals surface area (Å²) in [7, 11) is 0. The monoisotopic (exact) mass is 228 g/mol. The lowest BCUT2D eigenvalue weighted by atomic mass is 10.3. The number of rotatable bonds is 5. The highest BCUT2D eigenvalue weighted by molar-refractivity contribution is 5.87. The molecule has 90 valence electrons. The van der Waals surface area contributed by atoms with Gasteiger partial charge in [-0.2, -0.15) is 0 Å². The lowest BCUT2D eigenvalue weighted by Gasteiger charge is -2.18. The van der Waals surface area contributed by atoms with Gasteiger partial charge in [-0.05, 0) is 6.92 Å². The second kappa shape index (κ2) is 6.60. The molecule has 0 heterocycles. The molecule has 0 unspecified atom stereocenters. The number of ether oxygens (including phenoxy) is 1. The summed E-state index contributed by atoms with van der Waals surface area (Å²) in [6, 6.07) is 0. The van der Waals surface area contributed by atoms with Crippen LogP contribution < -0.4 is 10.6 Å². The molecule has 0 saturated heterocycles. The number of esters is 1. The summed E-state index contributed by atoms with van der Waals surface area (Å²) >= 11 is 0. The Labute approximate surface area is 94.0 Å². The van der Waals surface area contributed by atoms with Gasteiger partial charge in [0.2, 0.25) is 11.8 Å². The lowest BCUT2D eigenvalue weighted by Crippen LogP contribution is -2.49. The Morgan fingerprint density at radius 2 is 1.56 bits per heavy atom. The normalized spacial score (nSPS) is 9.50. The van der Waals surface area contributed by atoms with Gasteiger partial charge in [0.05, 0.1) is 0 Å². The van der Waals surface area contributed by atoms with Crippen LogP contribution in [0, 0.1) is 0 Å². The van der Waals surface area contributed by atoms with Crippen LogP contribution in [0.4, 0.5) is 0 Å². The van der Waals surface area contributed by atoms with Crippen molar-refractivity contribution in [1.82, 2.24) is 10.6 Å². The van der Waals surface area contributed by atoms with Crippen molar-refractivity contribution >= 4 is 17.8 Å². The highest BCUT2D eigenvalue weighted by Gasteiger charge is 2.13. The van der Waals surface area contributed by atoms with E-state index >= 15 is 0 Å². The molecule has 6 heteroatoms. The highest BCUT2D eigenvalue weighted by Crippen LogP contribution is 1.93. The standard InChI is InChI=1S/C10H16N2O4/c1-6(2)10(15)16-5-9(11-7(3)13)12-8(4)14/h9H,1,5H2,2-4H3,(H,11,13)(H,12,14). The molecule has 0 radical (unpaired) electrons. The smallest absolute Gasteiger partial charge is 0.333 e. The summed E-state index contributed by atoms with van der Waals surface area (Å²) in [4.78, 5) is 32.7. The topological polar surface area (TPSA) is 84.5 Å². The Balaban J connectivity index is 4.20. The van der Waals surface area contributed by atoms with Crippen LogP contribution in [0.3, 0.4) is 0 Å². The molecule has 0 atom stereocenters. The number of hydrogen-bond acceptors (Lipinski definition) is 4. The lowest BCUT2D eigenvalue weighted by molar-refractivity contribution is -0.141. The molecular formula is C10H16N2O4. The third-order valence-electron chi connectivity index (χ3n) is 1.48. The third-order valence-corrected chi connectivity index (χ3v) is 1.48. The Kier molecular flexibility index (Phi) is 5.84. The predicted molar refractivity (Wildman–Crippen MR) is 57.2 cm³/mol. The molecule has 0 aromatic carbocycles. The van der Waals surface area contributed by atoms with Gasteiger partial charge in [0.25, 0.3) is 0 Å². The average Bonchev–Trinajstić information content (AvgIpc) is 2.11. The molecule has 16 heavy (non-hydrogen) atoms. The van der Waals surface area contributed by atoms with E-state index in [4.69, 9.17) is 4.74 Å². The number of carbonyl (C=O) groups is 3. The molecule has 0 aromatic heterocycles. The van der Waals surface area contributed by atoms with Crippen molar-refractivity contribution in [3.63, 3.8) is 0 Å². The van der Waals surface area contributed by atoms with E-state index in [1.807, 2.05) is 0 Å². The van der Waals surface area contributed by atoms with Crippen LogP contribution in [0.2, 0.25) is 0 Å². The molecule has 2 amide bonds. The SMILES string of the molecule is C=C(C)C(=O)OCC(NC(C)=O)NC(C)=O. The first kappa shape index (κ1) is 14.2. The summed E-state index contributed by atoms with van der Waals surface area (Å²) in [6.45, 7) is 7.38. The molecule has 0 bridgehead atoms. The third kappa shape index (κ3) is 6.58. The fraction of sp³-hybridized carbons (Fsp3) is 0.500. The van der Waals surface area contributed by atoms with Gasteiger partial charge in [-0.1, -0.05) is 6.58 Å². The Hall–Kier alpha value is -1.85. The number of hydrogen-bond donors (Lipinski definition) is 2. The second-order valence-corrected chi connectivity index (χ2v) is 3.33. The fourth-order valence-electron chi connectivity index (χ4n) is 0.892. The van der Waals surface area contributed by atoms with Gasteiger partial charge in [0.1, 0.15) is 12.8 Å². The van der Waals surface area contributed by atoms with Crippen LogP contribution >= 0.6 is 0 Å². The first-order valence-electron chi connectivity index (χ1n) is 4.69. The fourth-order valence-corrected chi connectivity index (χ4v) is 0.892. The zero-order valence-electron chi connectivity index (χ0n) is 9.62. The van der Waals surface area contributed by atoms with Gasteiger partial charge in [-0.3, -0.25) is 9.59 Å². The summed E-state index contributed by atoms with van der Waals surface area (Å²) in [5.41, 5.74) is 0.254. The van der Waals surface area contributed by atoms with Gasteiger partial charge in [-0.15, -0.1) is 0 Å². The van der Waals surface area contributed by atoms with Crippen molar-refractivity contribution in [1.29, 1.82) is 0 Å². The van der Waals surface area contributed by atoms with Crippen molar-refractivity contribution in [2.75, 3.05) is 6.61 Å². The zero-order chi connectivity index (χ0) is 12.7. The van der Waals surface area contributed by atoms with E-state index < -0.39 is 12.1 Å². The van der Waals surface area contributed by atoms with Crippen LogP contribution in [-0.4, -0.2) is 30.6 Å². The van der Waals surface area contributed by atoms with Gasteiger partial charge in [-0.25, -0.2) is 4.79 Å². The van der Waals surface area contributed by atoms with E-state index in [-0.39, 0.29) is 24.0 Å². The van der Waals surface area contributed by atoms with Crippen molar-refractivity contribution < 1.29 is 19.1 Å². The van der Waals surface area contributed by atoms with Crippen molar-refractivity contribution in [3.8, 4) is 0 Å². The van der Waals surface area contributed by atoms with Crippen LogP contribution in [0.1, 0.15) is 20.8 Å². The molecule has 0 aliphatic carbocycles. The van der Waals surface area contributed by atoms with Crippen molar-refractivity contribution in [2.45, 2.75) is 26.9 Å². The van der Waals surface area contributed by atoms with Crippen LogP contribution in [0.25, 0.3) is 0 Å². The first-order chi connectivity index (χ1) is 7.32. The first-order valence-corrected chi connectivity index (χ1v) is 4.69. The maximum atomic E-state index is 11.1. The van der Waals surface area contributed by atoms with Gasteiger partial charge < -0.3 is 15.4 Å². The van der Waals surface area contributed by atoms with E-state index in [9.17, 15) is 14.4 Å². The summed E-state index contributed by atoms with van der Waals surface area (Å²) in [5, 5.41) is 4.86. The molecular weight excluding hydrogens is 212 g/mol. The minimum atomic E-state index is -0.724. The van der Waals surface area contributed by atoms with E-state index in [2.05, 4.69) is 17.2 Å². The molecule has 0 rings (SSSR count). The van der Waals surface area contributed by atoms with Crippen molar-refractivity contribution in [2.24, 2.45) is 0 Å². The van der Waals surface area contributed by atoms with Gasteiger partial charge >= 0.3 is 5.97 Å². The predicted octanol–water partition coefficient (Wildman–Crippen LogP) is -0.296. The summed E-state index contributed by atoms with van der Waals surface area (Å²) < 4.78 is 4.80. The van der Waals surface area contributed by atoms with E-state index in [1.54, 1.807) is 0 Å². The summed E-state index contributed by atoms with van der Waals surface area (Å²) in [6.07, 6.45) is -0.724. The molecule has 0 aliphatic heterocycles. The second-order valence-electron chi connectivity index (χ2n) is 3.33. The maximum absolute atomic E-state index is 11.1. The maximum Gasteiger partial charge on any atom is 0.333 e. The Morgan fingerprint density at radius 1 is 1.12 bits per heavy atom. The van der Waals surface area contributed by atoms with E-state index in [0.29, 0.717) is 0 Å². The number of nitrogens with one attached hydrogen (secondary N) is 2. The van der Waals surface area contributed by atoms with Gasteiger partial charge in [0.15, 0.2) is 0 Å². The molecule has 0 fully saturated rings. The quantitative estimate of drug-likeness (QED) is 0.384. The van der Waals surface area contributed by atoms with E-state index in [0.717, 1.165) is 0 Å². The Bertz CT molecular complexity index is 296. The molecule has 0 aromatic rings. The van der Waals surface area contributed by atoms with Crippen LogP contribution in [-0.2, 0) is 19.1 Å². The molecule has 0 aliphatic rings.